The van der Waals surface area contributed by atoms with Gasteiger partial charge in [0.2, 0.25) is 0 Å². The molecule has 0 saturated heterocycles. The molecule has 1 aromatic heterocycles. The van der Waals surface area contributed by atoms with E-state index in [-0.39, 0.29) is 11.2 Å². The maximum atomic E-state index is 12.0. The van der Waals surface area contributed by atoms with Crippen LogP contribution in [0, 0.1) is 5.92 Å². The highest BCUT2D eigenvalue weighted by Crippen LogP contribution is 2.27. The minimum atomic E-state index is -0.280. The molecule has 2 rings (SSSR count). The zero-order chi connectivity index (χ0) is 14.0. The summed E-state index contributed by atoms with van der Waals surface area (Å²) in [6.45, 7) is 2.71. The van der Waals surface area contributed by atoms with E-state index >= 15 is 0 Å². The highest BCUT2D eigenvalue weighted by molar-refractivity contribution is 5.05. The first-order valence-corrected chi connectivity index (χ1v) is 6.99. The number of nitrogens with zero attached hydrogens (tertiary/aromatic N) is 2. The van der Waals surface area contributed by atoms with Crippen molar-refractivity contribution >= 4 is 0 Å². The molecule has 0 amide bonds. The summed E-state index contributed by atoms with van der Waals surface area (Å²) in [6, 6.07) is 0.421. The summed E-state index contributed by atoms with van der Waals surface area (Å²) in [6.07, 6.45) is 6.83. The Balaban J connectivity index is 2.07. The van der Waals surface area contributed by atoms with E-state index in [1.807, 2.05) is 0 Å². The van der Waals surface area contributed by atoms with Crippen LogP contribution in [0.4, 0.5) is 0 Å². The van der Waals surface area contributed by atoms with Gasteiger partial charge in [-0.25, -0.2) is 4.79 Å². The van der Waals surface area contributed by atoms with Crippen molar-refractivity contribution in [1.29, 1.82) is 0 Å². The molecule has 1 aliphatic carbocycles. The first kappa shape index (κ1) is 14.1. The molecule has 0 unspecified atom stereocenters. The van der Waals surface area contributed by atoms with Gasteiger partial charge >= 0.3 is 5.69 Å². The third-order valence-corrected chi connectivity index (χ3v) is 4.24. The molecule has 0 bridgehead atoms. The lowest BCUT2D eigenvalue weighted by Gasteiger charge is -2.20. The molecule has 0 radical (unpaired) electrons. The van der Waals surface area contributed by atoms with Crippen molar-refractivity contribution < 1.29 is 0 Å². The predicted octanol–water partition coefficient (Wildman–Crippen LogP) is 0.752. The summed E-state index contributed by atoms with van der Waals surface area (Å²) >= 11 is 0. The fourth-order valence-corrected chi connectivity index (χ4v) is 2.90. The molecule has 0 spiro atoms. The number of nitrogens with one attached hydrogen (secondary N) is 1. The van der Waals surface area contributed by atoms with Crippen LogP contribution in [-0.4, -0.2) is 15.2 Å². The molecule has 0 aliphatic heterocycles. The Morgan fingerprint density at radius 2 is 1.95 bits per heavy atom. The predicted molar refractivity (Wildman–Crippen MR) is 75.2 cm³/mol. The van der Waals surface area contributed by atoms with Crippen LogP contribution in [0.25, 0.3) is 0 Å². The smallest absolute Gasteiger partial charge is 0.310 e. The van der Waals surface area contributed by atoms with Crippen molar-refractivity contribution in [1.82, 2.24) is 14.5 Å². The van der Waals surface area contributed by atoms with Crippen LogP contribution >= 0.6 is 0 Å². The molecule has 1 heterocycles. The minimum absolute atomic E-state index is 0.200. The maximum Gasteiger partial charge on any atom is 0.330 e. The van der Waals surface area contributed by atoms with Gasteiger partial charge in [0.1, 0.15) is 0 Å². The zero-order valence-corrected chi connectivity index (χ0v) is 12.0. The van der Waals surface area contributed by atoms with Gasteiger partial charge in [-0.05, 0) is 25.7 Å². The average molecular weight is 265 g/mol. The van der Waals surface area contributed by atoms with Gasteiger partial charge in [0.15, 0.2) is 0 Å². The molecule has 106 valence electrons. The van der Waals surface area contributed by atoms with Gasteiger partial charge in [-0.2, -0.15) is 0 Å². The van der Waals surface area contributed by atoms with Gasteiger partial charge in [0.25, 0.3) is 5.56 Å². The molecule has 1 saturated carbocycles. The van der Waals surface area contributed by atoms with Crippen LogP contribution in [0.15, 0.2) is 15.8 Å². The van der Waals surface area contributed by atoms with E-state index in [9.17, 15) is 9.59 Å². The number of rotatable bonds is 4. The topological polar surface area (TPSA) is 56.0 Å². The molecular formula is C14H23N3O2. The van der Waals surface area contributed by atoms with Gasteiger partial charge in [-0.3, -0.25) is 9.36 Å². The van der Waals surface area contributed by atoms with Crippen molar-refractivity contribution in [2.24, 2.45) is 20.0 Å². The number of hydrogen-bond donors (Lipinski definition) is 1. The summed E-state index contributed by atoms with van der Waals surface area (Å²) < 4.78 is 2.62. The van der Waals surface area contributed by atoms with Crippen molar-refractivity contribution in [2.45, 2.75) is 45.2 Å². The Bertz CT molecular complexity index is 553. The van der Waals surface area contributed by atoms with E-state index < -0.39 is 0 Å². The normalized spacial score (nSPS) is 17.8. The highest BCUT2D eigenvalue weighted by atomic mass is 16.2. The fourth-order valence-electron chi connectivity index (χ4n) is 2.90. The largest absolute Gasteiger partial charge is 0.330 e. The number of aromatic nitrogens is 2. The van der Waals surface area contributed by atoms with Gasteiger partial charge < -0.3 is 9.88 Å². The summed E-state index contributed by atoms with van der Waals surface area (Å²) in [5.41, 5.74) is 0.168. The Hall–Kier alpha value is -1.36. The van der Waals surface area contributed by atoms with E-state index in [1.165, 1.54) is 37.3 Å². The highest BCUT2D eigenvalue weighted by Gasteiger charge is 2.21. The Kier molecular flexibility index (Phi) is 4.24. The monoisotopic (exact) mass is 265 g/mol. The summed E-state index contributed by atoms with van der Waals surface area (Å²) in [7, 11) is 3.19. The number of hydrogen-bond acceptors (Lipinski definition) is 3. The summed E-state index contributed by atoms with van der Waals surface area (Å²) in [5.74, 6) is 0.719. The van der Waals surface area contributed by atoms with Crippen molar-refractivity contribution in [3.8, 4) is 0 Å². The van der Waals surface area contributed by atoms with E-state index in [1.54, 1.807) is 13.2 Å². The van der Waals surface area contributed by atoms with E-state index in [0.29, 0.717) is 18.2 Å². The van der Waals surface area contributed by atoms with Crippen LogP contribution in [0.5, 0.6) is 0 Å². The average Bonchev–Trinajstić information content (AvgIpc) is 2.92. The molecule has 5 nitrogen and oxygen atoms in total. The molecule has 5 heteroatoms. The first-order valence-electron chi connectivity index (χ1n) is 6.99. The second kappa shape index (κ2) is 5.74. The van der Waals surface area contributed by atoms with Crippen LogP contribution < -0.4 is 16.6 Å². The lowest BCUT2D eigenvalue weighted by atomic mass is 10.00. The minimum Gasteiger partial charge on any atom is -0.310 e. The maximum absolute atomic E-state index is 12.0. The van der Waals surface area contributed by atoms with Crippen LogP contribution in [0.2, 0.25) is 0 Å². The van der Waals surface area contributed by atoms with Crippen molar-refractivity contribution in [3.63, 3.8) is 0 Å². The molecule has 1 aliphatic rings. The van der Waals surface area contributed by atoms with Gasteiger partial charge in [-0.1, -0.05) is 12.8 Å². The quantitative estimate of drug-likeness (QED) is 0.874. The Morgan fingerprint density at radius 1 is 1.32 bits per heavy atom. The standard InChI is InChI=1S/C14H23N3O2/c1-10(11-6-4-5-7-11)15-8-12-9-16(2)14(19)17(3)13(12)18/h9-11,15H,4-8H2,1-3H3/t10-/m1/s1. The second-order valence-corrected chi connectivity index (χ2v) is 5.63. The van der Waals surface area contributed by atoms with Crippen LogP contribution in [0.1, 0.15) is 38.2 Å². The molecule has 19 heavy (non-hydrogen) atoms. The summed E-state index contributed by atoms with van der Waals surface area (Å²) in [5, 5.41) is 3.43. The van der Waals surface area contributed by atoms with Crippen LogP contribution in [0.3, 0.4) is 0 Å². The molecule has 1 atom stereocenters. The molecule has 0 aromatic carbocycles. The fraction of sp³-hybridized carbons (Fsp3) is 0.714. The Labute approximate surface area is 113 Å². The zero-order valence-electron chi connectivity index (χ0n) is 12.0. The van der Waals surface area contributed by atoms with E-state index in [0.717, 1.165) is 10.5 Å². The molecule has 1 fully saturated rings. The third-order valence-electron chi connectivity index (χ3n) is 4.24. The van der Waals surface area contributed by atoms with Gasteiger partial charge in [0, 0.05) is 38.4 Å². The third kappa shape index (κ3) is 2.97. The molecular weight excluding hydrogens is 242 g/mol. The van der Waals surface area contributed by atoms with E-state index in [4.69, 9.17) is 0 Å². The Morgan fingerprint density at radius 3 is 2.58 bits per heavy atom. The van der Waals surface area contributed by atoms with Crippen molar-refractivity contribution in [3.05, 3.63) is 32.6 Å². The second-order valence-electron chi connectivity index (χ2n) is 5.63. The van der Waals surface area contributed by atoms with Crippen molar-refractivity contribution in [2.75, 3.05) is 0 Å². The summed E-state index contributed by atoms with van der Waals surface area (Å²) in [4.78, 5) is 23.6. The molecule has 1 aromatic rings. The van der Waals surface area contributed by atoms with Crippen LogP contribution in [-0.2, 0) is 20.6 Å². The lowest BCUT2D eigenvalue weighted by molar-refractivity contribution is 0.379. The van der Waals surface area contributed by atoms with Gasteiger partial charge in [0.05, 0.1) is 0 Å². The lowest BCUT2D eigenvalue weighted by Crippen LogP contribution is -2.41. The van der Waals surface area contributed by atoms with E-state index in [2.05, 4.69) is 12.2 Å². The van der Waals surface area contributed by atoms with Gasteiger partial charge in [-0.15, -0.1) is 0 Å². The SMILES string of the molecule is C[C@@H](NCc1cn(C)c(=O)n(C)c1=O)C1CCCC1. The molecule has 1 N–H and O–H groups in total. The first-order chi connectivity index (χ1) is 9.00. The number of aryl methyl sites for hydroxylation is 1.